The number of ether oxygens (including phenoxy) is 1. The third-order valence-corrected chi connectivity index (χ3v) is 4.94. The van der Waals surface area contributed by atoms with Crippen molar-refractivity contribution in [1.29, 1.82) is 0 Å². The fourth-order valence-corrected chi connectivity index (χ4v) is 3.32. The van der Waals surface area contributed by atoms with Crippen LogP contribution in [0.1, 0.15) is 11.3 Å². The molecule has 0 spiro atoms. The second-order valence-corrected chi connectivity index (χ2v) is 6.86. The van der Waals surface area contributed by atoms with Crippen LogP contribution < -0.4 is 15.1 Å². The molecule has 1 aliphatic rings. The summed E-state index contributed by atoms with van der Waals surface area (Å²) in [4.78, 5) is 13.0. The number of guanidine groups is 1. The summed E-state index contributed by atoms with van der Waals surface area (Å²) < 4.78 is 5.30. The number of aliphatic hydroxyl groups excluding tert-OH is 1. The average Bonchev–Trinajstić information content (AvgIpc) is 2.72. The SMILES string of the molecule is COc1nc(C)c(CO)cc1N=C(NO)N1CCN(c2cccc(Cl)c2)CC1. The van der Waals surface area contributed by atoms with Crippen molar-refractivity contribution in [2.45, 2.75) is 13.5 Å². The van der Waals surface area contributed by atoms with E-state index >= 15 is 0 Å². The quantitative estimate of drug-likeness (QED) is 0.408. The maximum absolute atomic E-state index is 9.64. The Balaban J connectivity index is 1.78. The molecule has 3 rings (SSSR count). The Kier molecular flexibility index (Phi) is 6.56. The Morgan fingerprint density at radius 1 is 1.29 bits per heavy atom. The number of aliphatic hydroxyl groups is 1. The zero-order chi connectivity index (χ0) is 20.1. The number of hydrogen-bond acceptors (Lipinski definition) is 6. The fraction of sp³-hybridized carbons (Fsp3) is 0.368. The first-order valence-corrected chi connectivity index (χ1v) is 9.33. The van der Waals surface area contributed by atoms with E-state index in [0.717, 1.165) is 18.8 Å². The van der Waals surface area contributed by atoms with Crippen molar-refractivity contribution in [3.05, 3.63) is 46.6 Å². The Bertz CT molecular complexity index is 853. The van der Waals surface area contributed by atoms with Crippen LogP contribution in [0, 0.1) is 6.92 Å². The molecule has 150 valence electrons. The highest BCUT2D eigenvalue weighted by Crippen LogP contribution is 2.28. The van der Waals surface area contributed by atoms with Gasteiger partial charge in [0.2, 0.25) is 11.8 Å². The molecule has 1 aromatic heterocycles. The van der Waals surface area contributed by atoms with Crippen molar-refractivity contribution in [2.24, 2.45) is 4.99 Å². The lowest BCUT2D eigenvalue weighted by Crippen LogP contribution is -2.52. The van der Waals surface area contributed by atoms with Crippen LogP contribution in [-0.2, 0) is 6.61 Å². The van der Waals surface area contributed by atoms with Gasteiger partial charge in [-0.05, 0) is 31.2 Å². The standard InChI is InChI=1S/C19H24ClN5O3/c1-13-14(12-26)10-17(18(21-13)28-2)22-19(23-27)25-8-6-24(7-9-25)16-5-3-4-15(20)11-16/h3-5,10-11,26-27H,6-9,12H2,1-2H3,(H,22,23). The number of nitrogens with zero attached hydrogens (tertiary/aromatic N) is 4. The smallest absolute Gasteiger partial charge is 0.240 e. The van der Waals surface area contributed by atoms with E-state index < -0.39 is 0 Å². The maximum Gasteiger partial charge on any atom is 0.240 e. The summed E-state index contributed by atoms with van der Waals surface area (Å²) in [6.45, 7) is 4.48. The number of nitrogens with one attached hydrogen (secondary N) is 1. The number of benzene rings is 1. The number of hydrogen-bond donors (Lipinski definition) is 3. The monoisotopic (exact) mass is 405 g/mol. The number of hydroxylamine groups is 1. The molecule has 0 atom stereocenters. The van der Waals surface area contributed by atoms with Gasteiger partial charge in [0.1, 0.15) is 5.69 Å². The summed E-state index contributed by atoms with van der Waals surface area (Å²) in [6, 6.07) is 9.46. The molecule has 0 radical (unpaired) electrons. The summed E-state index contributed by atoms with van der Waals surface area (Å²) in [5.41, 5.74) is 5.01. The van der Waals surface area contributed by atoms with E-state index in [9.17, 15) is 10.3 Å². The third kappa shape index (κ3) is 4.46. The predicted molar refractivity (Wildman–Crippen MR) is 109 cm³/mol. The van der Waals surface area contributed by atoms with Crippen LogP contribution in [0.5, 0.6) is 5.88 Å². The van der Waals surface area contributed by atoms with Crippen molar-refractivity contribution in [2.75, 3.05) is 38.2 Å². The molecular weight excluding hydrogens is 382 g/mol. The van der Waals surface area contributed by atoms with Crippen LogP contribution in [0.25, 0.3) is 0 Å². The van der Waals surface area contributed by atoms with E-state index in [1.54, 1.807) is 13.0 Å². The molecular formula is C19H24ClN5O3. The topological polar surface area (TPSA) is 93.4 Å². The first-order valence-electron chi connectivity index (χ1n) is 8.95. The minimum Gasteiger partial charge on any atom is -0.479 e. The van der Waals surface area contributed by atoms with Crippen LogP contribution in [0.2, 0.25) is 5.02 Å². The number of halogens is 1. The molecule has 0 saturated carbocycles. The van der Waals surface area contributed by atoms with Gasteiger partial charge in [0.25, 0.3) is 0 Å². The van der Waals surface area contributed by atoms with Crippen molar-refractivity contribution in [1.82, 2.24) is 15.4 Å². The Hall–Kier alpha value is -2.55. The molecule has 28 heavy (non-hydrogen) atoms. The van der Waals surface area contributed by atoms with Gasteiger partial charge >= 0.3 is 0 Å². The summed E-state index contributed by atoms with van der Waals surface area (Å²) in [7, 11) is 1.51. The Labute approximate surface area is 169 Å². The Morgan fingerprint density at radius 2 is 2.04 bits per heavy atom. The van der Waals surface area contributed by atoms with E-state index in [2.05, 4.69) is 20.4 Å². The van der Waals surface area contributed by atoms with Gasteiger partial charge in [-0.3, -0.25) is 5.21 Å². The number of aliphatic imine (C=N–C) groups is 1. The lowest BCUT2D eigenvalue weighted by molar-refractivity contribution is 0.207. The zero-order valence-corrected chi connectivity index (χ0v) is 16.6. The van der Waals surface area contributed by atoms with E-state index in [1.807, 2.05) is 29.2 Å². The van der Waals surface area contributed by atoms with E-state index in [0.29, 0.717) is 46.9 Å². The summed E-state index contributed by atoms with van der Waals surface area (Å²) in [5.74, 6) is 0.638. The second-order valence-electron chi connectivity index (χ2n) is 6.42. The largest absolute Gasteiger partial charge is 0.479 e. The van der Waals surface area contributed by atoms with Gasteiger partial charge < -0.3 is 19.6 Å². The molecule has 0 aliphatic carbocycles. The molecule has 0 bridgehead atoms. The van der Waals surface area contributed by atoms with Crippen molar-refractivity contribution in [3.63, 3.8) is 0 Å². The molecule has 1 fully saturated rings. The highest BCUT2D eigenvalue weighted by molar-refractivity contribution is 6.30. The molecule has 1 aromatic carbocycles. The summed E-state index contributed by atoms with van der Waals surface area (Å²) in [6.07, 6.45) is 0. The molecule has 2 heterocycles. The molecule has 1 aliphatic heterocycles. The first-order chi connectivity index (χ1) is 13.5. The molecule has 1 saturated heterocycles. The van der Waals surface area contributed by atoms with Gasteiger partial charge in [-0.2, -0.15) is 0 Å². The van der Waals surface area contributed by atoms with Crippen LogP contribution in [0.4, 0.5) is 11.4 Å². The van der Waals surface area contributed by atoms with Crippen LogP contribution >= 0.6 is 11.6 Å². The fourth-order valence-electron chi connectivity index (χ4n) is 3.13. The highest BCUT2D eigenvalue weighted by Gasteiger charge is 2.21. The summed E-state index contributed by atoms with van der Waals surface area (Å²) in [5, 5.41) is 19.8. The van der Waals surface area contributed by atoms with Crippen molar-refractivity contribution in [3.8, 4) is 5.88 Å². The normalized spacial score (nSPS) is 15.0. The number of anilines is 1. The average molecular weight is 406 g/mol. The van der Waals surface area contributed by atoms with Crippen LogP contribution in [0.3, 0.4) is 0 Å². The van der Waals surface area contributed by atoms with Gasteiger partial charge in [-0.1, -0.05) is 17.7 Å². The van der Waals surface area contributed by atoms with E-state index in [1.165, 1.54) is 7.11 Å². The predicted octanol–water partition coefficient (Wildman–Crippen LogP) is 2.33. The molecule has 2 aromatic rings. The van der Waals surface area contributed by atoms with Crippen molar-refractivity contribution < 1.29 is 15.1 Å². The number of piperazine rings is 1. The number of methoxy groups -OCH3 is 1. The molecule has 8 nitrogen and oxygen atoms in total. The van der Waals surface area contributed by atoms with Gasteiger partial charge in [-0.15, -0.1) is 0 Å². The van der Waals surface area contributed by atoms with Crippen molar-refractivity contribution >= 4 is 28.9 Å². The lowest BCUT2D eigenvalue weighted by Gasteiger charge is -2.37. The minimum absolute atomic E-state index is 0.147. The maximum atomic E-state index is 9.64. The Morgan fingerprint density at radius 3 is 2.64 bits per heavy atom. The van der Waals surface area contributed by atoms with Crippen LogP contribution in [-0.4, -0.2) is 59.4 Å². The molecule has 9 heteroatoms. The molecule has 0 amide bonds. The minimum atomic E-state index is -0.147. The number of aromatic nitrogens is 1. The second kappa shape index (κ2) is 9.09. The third-order valence-electron chi connectivity index (χ3n) is 4.71. The number of aryl methyl sites for hydroxylation is 1. The van der Waals surface area contributed by atoms with Gasteiger partial charge in [0.15, 0.2) is 0 Å². The zero-order valence-electron chi connectivity index (χ0n) is 15.9. The van der Waals surface area contributed by atoms with E-state index in [-0.39, 0.29) is 6.61 Å². The summed E-state index contributed by atoms with van der Waals surface area (Å²) >= 11 is 6.09. The van der Waals surface area contributed by atoms with Gasteiger partial charge in [0, 0.05) is 48.1 Å². The van der Waals surface area contributed by atoms with Gasteiger partial charge in [0.05, 0.1) is 13.7 Å². The van der Waals surface area contributed by atoms with Gasteiger partial charge in [-0.25, -0.2) is 15.5 Å². The van der Waals surface area contributed by atoms with E-state index in [4.69, 9.17) is 16.3 Å². The number of rotatable bonds is 4. The van der Waals surface area contributed by atoms with Crippen LogP contribution in [0.15, 0.2) is 35.3 Å². The lowest BCUT2D eigenvalue weighted by atomic mass is 10.2. The highest BCUT2D eigenvalue weighted by atomic mass is 35.5. The first kappa shape index (κ1) is 20.2. The molecule has 3 N–H and O–H groups in total. The number of pyridine rings is 1. The molecule has 0 unspecified atom stereocenters.